The summed E-state index contributed by atoms with van der Waals surface area (Å²) in [6.07, 6.45) is -2.01. The second-order valence-corrected chi connectivity index (χ2v) is 7.07. The summed E-state index contributed by atoms with van der Waals surface area (Å²) < 4.78 is 39.4. The molecule has 0 aliphatic rings. The van der Waals surface area contributed by atoms with Crippen molar-refractivity contribution in [1.82, 2.24) is 14.4 Å². The number of benzene rings is 1. The van der Waals surface area contributed by atoms with Gasteiger partial charge in [-0.3, -0.25) is 4.40 Å². The summed E-state index contributed by atoms with van der Waals surface area (Å²) in [6.45, 7) is 3.22. The zero-order valence-electron chi connectivity index (χ0n) is 14.9. The average Bonchev–Trinajstić information content (AvgIpc) is 2.99. The van der Waals surface area contributed by atoms with Crippen LogP contribution in [-0.2, 0) is 0 Å². The highest BCUT2D eigenvalue weighted by Crippen LogP contribution is 2.30. The Morgan fingerprint density at radius 3 is 2.64 bits per heavy atom. The summed E-state index contributed by atoms with van der Waals surface area (Å²) in [6, 6.07) is 3.22. The topological polar surface area (TPSA) is 79.5 Å². The van der Waals surface area contributed by atoms with Crippen LogP contribution < -0.4 is 5.32 Å². The number of nitrogens with zero attached hydrogens (tertiary/aromatic N) is 3. The van der Waals surface area contributed by atoms with Gasteiger partial charge in [0.2, 0.25) is 0 Å². The normalized spacial score (nSPS) is 11.8. The van der Waals surface area contributed by atoms with E-state index in [4.69, 9.17) is 0 Å². The van der Waals surface area contributed by atoms with Gasteiger partial charge in [0, 0.05) is 18.3 Å². The number of carboxylic acids is 1. The molecule has 0 amide bonds. The highest BCUT2D eigenvalue weighted by Gasteiger charge is 2.26. The summed E-state index contributed by atoms with van der Waals surface area (Å²) in [4.78, 5) is 19.8. The molecule has 0 aliphatic heterocycles. The standard InChI is InChI=1S/C18H16BrF3N4O2/c1-9-10(2)12(17(27)28)4-3-11(9)13-7-24-16-15(23-6-5-18(20,21)22)25-14(19)8-26(13)16/h3-4,7-8H,5-6H2,1-2H3,(H,23,25)(H,27,28). The van der Waals surface area contributed by atoms with Gasteiger partial charge in [-0.05, 0) is 47.0 Å². The molecule has 0 fully saturated rings. The molecule has 0 unspecified atom stereocenters. The van der Waals surface area contributed by atoms with Crippen molar-refractivity contribution in [3.05, 3.63) is 45.8 Å². The van der Waals surface area contributed by atoms with Gasteiger partial charge in [0.25, 0.3) is 0 Å². The van der Waals surface area contributed by atoms with E-state index in [1.54, 1.807) is 29.8 Å². The van der Waals surface area contributed by atoms with Crippen LogP contribution in [0.4, 0.5) is 19.0 Å². The zero-order chi connectivity index (χ0) is 20.6. The Balaban J connectivity index is 2.05. The molecule has 0 saturated heterocycles. The molecular weight excluding hydrogens is 441 g/mol. The monoisotopic (exact) mass is 456 g/mol. The van der Waals surface area contributed by atoms with E-state index in [1.807, 2.05) is 6.92 Å². The molecule has 148 valence electrons. The molecule has 2 aromatic heterocycles. The van der Waals surface area contributed by atoms with E-state index >= 15 is 0 Å². The van der Waals surface area contributed by atoms with Crippen LogP contribution in [0.1, 0.15) is 27.9 Å². The number of carboxylic acid groups (broad SMARTS) is 1. The van der Waals surface area contributed by atoms with Crippen molar-refractivity contribution in [2.45, 2.75) is 26.4 Å². The maximum absolute atomic E-state index is 12.4. The summed E-state index contributed by atoms with van der Waals surface area (Å²) >= 11 is 3.27. The van der Waals surface area contributed by atoms with Crippen molar-refractivity contribution < 1.29 is 23.1 Å². The van der Waals surface area contributed by atoms with Gasteiger partial charge in [-0.1, -0.05) is 6.07 Å². The van der Waals surface area contributed by atoms with Crippen molar-refractivity contribution in [3.63, 3.8) is 0 Å². The molecule has 0 radical (unpaired) electrons. The Labute approximate surface area is 166 Å². The first-order chi connectivity index (χ1) is 13.1. The lowest BCUT2D eigenvalue weighted by Crippen LogP contribution is -2.15. The fourth-order valence-electron chi connectivity index (χ4n) is 2.93. The first-order valence-electron chi connectivity index (χ1n) is 8.26. The van der Waals surface area contributed by atoms with Gasteiger partial charge in [0.15, 0.2) is 11.5 Å². The maximum atomic E-state index is 12.4. The number of alkyl halides is 3. The number of nitrogens with one attached hydrogen (secondary N) is 1. The second kappa shape index (κ2) is 7.42. The Kier molecular flexibility index (Phi) is 5.33. The molecule has 10 heteroatoms. The van der Waals surface area contributed by atoms with Crippen LogP contribution in [0.25, 0.3) is 16.9 Å². The lowest BCUT2D eigenvalue weighted by atomic mass is 9.96. The van der Waals surface area contributed by atoms with Crippen molar-refractivity contribution in [3.8, 4) is 11.3 Å². The Bertz CT molecular complexity index is 1060. The molecule has 6 nitrogen and oxygen atoms in total. The number of hydrogen-bond acceptors (Lipinski definition) is 4. The van der Waals surface area contributed by atoms with Gasteiger partial charge >= 0.3 is 12.1 Å². The predicted molar refractivity (Wildman–Crippen MR) is 102 cm³/mol. The van der Waals surface area contributed by atoms with Crippen molar-refractivity contribution in [2.24, 2.45) is 0 Å². The average molecular weight is 457 g/mol. The van der Waals surface area contributed by atoms with Crippen LogP contribution in [0, 0.1) is 13.8 Å². The summed E-state index contributed by atoms with van der Waals surface area (Å²) in [5, 5.41) is 12.0. The molecule has 3 rings (SSSR count). The molecule has 28 heavy (non-hydrogen) atoms. The SMILES string of the molecule is Cc1c(C(=O)O)ccc(-c2cnc3c(NCCC(F)(F)F)nc(Br)cn23)c1C. The Morgan fingerprint density at radius 2 is 2.00 bits per heavy atom. The molecule has 2 N–H and O–H groups in total. The minimum atomic E-state index is -4.27. The van der Waals surface area contributed by atoms with E-state index < -0.39 is 18.6 Å². The van der Waals surface area contributed by atoms with Crippen LogP contribution in [-0.4, -0.2) is 38.2 Å². The molecule has 0 saturated carbocycles. The lowest BCUT2D eigenvalue weighted by molar-refractivity contribution is -0.131. The fraction of sp³-hybridized carbons (Fsp3) is 0.278. The summed E-state index contributed by atoms with van der Waals surface area (Å²) in [5.74, 6) is -0.783. The number of aromatic carboxylic acids is 1. The predicted octanol–water partition coefficient (Wildman–Crippen LogP) is 4.84. The van der Waals surface area contributed by atoms with Gasteiger partial charge in [-0.2, -0.15) is 13.2 Å². The van der Waals surface area contributed by atoms with Gasteiger partial charge in [-0.15, -0.1) is 0 Å². The molecule has 0 spiro atoms. The van der Waals surface area contributed by atoms with E-state index in [-0.39, 0.29) is 17.9 Å². The van der Waals surface area contributed by atoms with Crippen LogP contribution in [0.5, 0.6) is 0 Å². The molecule has 0 aliphatic carbocycles. The molecule has 1 aromatic carbocycles. The number of hydrogen-bond donors (Lipinski definition) is 2. The Hall–Kier alpha value is -2.62. The second-order valence-electron chi connectivity index (χ2n) is 6.26. The van der Waals surface area contributed by atoms with E-state index in [0.29, 0.717) is 21.5 Å². The quantitative estimate of drug-likeness (QED) is 0.574. The van der Waals surface area contributed by atoms with Crippen LogP contribution in [0.3, 0.4) is 0 Å². The number of anilines is 1. The number of fused-ring (bicyclic) bond motifs is 1. The minimum Gasteiger partial charge on any atom is -0.478 e. The lowest BCUT2D eigenvalue weighted by Gasteiger charge is -2.13. The molecule has 0 atom stereocenters. The third kappa shape index (κ3) is 3.96. The third-order valence-corrected chi connectivity index (χ3v) is 4.84. The number of rotatable bonds is 5. The fourth-order valence-corrected chi connectivity index (χ4v) is 3.31. The number of imidazole rings is 1. The van der Waals surface area contributed by atoms with Crippen molar-refractivity contribution in [2.75, 3.05) is 11.9 Å². The molecule has 3 aromatic rings. The molecular formula is C18H16BrF3N4O2. The highest BCUT2D eigenvalue weighted by molar-refractivity contribution is 9.10. The van der Waals surface area contributed by atoms with Crippen LogP contribution >= 0.6 is 15.9 Å². The van der Waals surface area contributed by atoms with Crippen molar-refractivity contribution in [1.29, 1.82) is 0 Å². The number of carbonyl (C=O) groups is 1. The highest BCUT2D eigenvalue weighted by atomic mass is 79.9. The first-order valence-corrected chi connectivity index (χ1v) is 9.06. The van der Waals surface area contributed by atoms with Gasteiger partial charge < -0.3 is 10.4 Å². The van der Waals surface area contributed by atoms with E-state index in [9.17, 15) is 23.1 Å². The Morgan fingerprint density at radius 1 is 1.29 bits per heavy atom. The van der Waals surface area contributed by atoms with Crippen molar-refractivity contribution >= 4 is 33.4 Å². The number of aromatic nitrogens is 3. The first kappa shape index (κ1) is 20.1. The van der Waals surface area contributed by atoms with Gasteiger partial charge in [-0.25, -0.2) is 14.8 Å². The van der Waals surface area contributed by atoms with E-state index in [2.05, 4.69) is 31.2 Å². The minimum absolute atomic E-state index is 0.215. The summed E-state index contributed by atoms with van der Waals surface area (Å²) in [7, 11) is 0. The van der Waals surface area contributed by atoms with E-state index in [1.165, 1.54) is 6.07 Å². The van der Waals surface area contributed by atoms with Gasteiger partial charge in [0.1, 0.15) is 4.60 Å². The smallest absolute Gasteiger partial charge is 0.390 e. The van der Waals surface area contributed by atoms with Crippen LogP contribution in [0.15, 0.2) is 29.1 Å². The van der Waals surface area contributed by atoms with Gasteiger partial charge in [0.05, 0.1) is 23.9 Å². The summed E-state index contributed by atoms with van der Waals surface area (Å²) in [5.41, 5.74) is 3.45. The molecule has 0 bridgehead atoms. The largest absolute Gasteiger partial charge is 0.478 e. The van der Waals surface area contributed by atoms with E-state index in [0.717, 1.165) is 11.1 Å². The third-order valence-electron chi connectivity index (χ3n) is 4.46. The zero-order valence-corrected chi connectivity index (χ0v) is 16.5. The van der Waals surface area contributed by atoms with Crippen LogP contribution in [0.2, 0.25) is 0 Å². The number of halogens is 4. The molecule has 2 heterocycles. The maximum Gasteiger partial charge on any atom is 0.390 e.